The first-order chi connectivity index (χ1) is 6.83. The van der Waals surface area contributed by atoms with Crippen LogP contribution in [0.25, 0.3) is 0 Å². The Morgan fingerprint density at radius 1 is 1.07 bits per heavy atom. The molecule has 14 heavy (non-hydrogen) atoms. The van der Waals surface area contributed by atoms with Gasteiger partial charge in [0.05, 0.1) is 12.2 Å². The van der Waals surface area contributed by atoms with Crippen molar-refractivity contribution in [3.05, 3.63) is 0 Å². The number of hydrogen-bond donors (Lipinski definition) is 1. The molecular weight excluding hydrogens is 174 g/mol. The highest BCUT2D eigenvalue weighted by atomic mass is 16.5. The van der Waals surface area contributed by atoms with Crippen LogP contribution in [0.2, 0.25) is 0 Å². The highest BCUT2D eigenvalue weighted by Crippen LogP contribution is 2.38. The molecule has 0 bridgehead atoms. The highest BCUT2D eigenvalue weighted by Gasteiger charge is 2.40. The molecule has 1 N–H and O–H groups in total. The number of hydrogen-bond acceptors (Lipinski definition) is 2. The van der Waals surface area contributed by atoms with Crippen LogP contribution in [0.5, 0.6) is 0 Å². The van der Waals surface area contributed by atoms with Gasteiger partial charge in [0.1, 0.15) is 0 Å². The van der Waals surface area contributed by atoms with Crippen LogP contribution in [0.3, 0.4) is 0 Å². The Balaban J connectivity index is 1.60. The zero-order valence-corrected chi connectivity index (χ0v) is 9.04. The second kappa shape index (κ2) is 3.49. The predicted octanol–water partition coefficient (Wildman–Crippen LogP) is 1.94. The summed E-state index contributed by atoms with van der Waals surface area (Å²) in [6, 6.07) is 0.661. The van der Waals surface area contributed by atoms with Crippen LogP contribution in [-0.2, 0) is 4.74 Å². The smallest absolute Gasteiger partial charge is 0.0732 e. The van der Waals surface area contributed by atoms with Gasteiger partial charge in [0.15, 0.2) is 0 Å². The van der Waals surface area contributed by atoms with Crippen molar-refractivity contribution in [2.45, 2.75) is 57.3 Å². The third kappa shape index (κ3) is 1.70. The van der Waals surface area contributed by atoms with Gasteiger partial charge in [-0.05, 0) is 43.9 Å². The van der Waals surface area contributed by atoms with Gasteiger partial charge in [-0.2, -0.15) is 0 Å². The molecule has 0 aromatic heterocycles. The molecule has 2 saturated carbocycles. The molecule has 1 heterocycles. The van der Waals surface area contributed by atoms with Gasteiger partial charge in [-0.3, -0.25) is 0 Å². The Labute approximate surface area is 86.4 Å². The first-order valence-corrected chi connectivity index (χ1v) is 6.22. The molecule has 4 unspecified atom stereocenters. The van der Waals surface area contributed by atoms with Crippen LogP contribution in [0.15, 0.2) is 0 Å². The van der Waals surface area contributed by atoms with Gasteiger partial charge in [0, 0.05) is 12.6 Å². The number of morpholine rings is 1. The van der Waals surface area contributed by atoms with E-state index in [-0.39, 0.29) is 0 Å². The molecule has 4 atom stereocenters. The summed E-state index contributed by atoms with van der Waals surface area (Å²) in [6.45, 7) is 3.48. The molecule has 0 aromatic carbocycles. The van der Waals surface area contributed by atoms with Crippen molar-refractivity contribution in [3.63, 3.8) is 0 Å². The molecule has 0 aromatic rings. The minimum atomic E-state index is 0.533. The normalized spacial score (nSPS) is 48.6. The second-order valence-electron chi connectivity index (χ2n) is 5.48. The van der Waals surface area contributed by atoms with Crippen molar-refractivity contribution >= 4 is 0 Å². The number of nitrogens with one attached hydrogen (secondary N) is 1. The van der Waals surface area contributed by atoms with Crippen LogP contribution in [0.1, 0.15) is 39.0 Å². The van der Waals surface area contributed by atoms with E-state index in [2.05, 4.69) is 12.2 Å². The minimum Gasteiger partial charge on any atom is -0.372 e. The summed E-state index contributed by atoms with van der Waals surface area (Å²) in [7, 11) is 0. The fourth-order valence-corrected chi connectivity index (χ4v) is 3.02. The van der Waals surface area contributed by atoms with E-state index in [0.717, 1.165) is 18.4 Å². The molecule has 1 saturated heterocycles. The van der Waals surface area contributed by atoms with Crippen molar-refractivity contribution in [2.24, 2.45) is 11.8 Å². The lowest BCUT2D eigenvalue weighted by atomic mass is 9.83. The topological polar surface area (TPSA) is 21.3 Å². The third-order valence-electron chi connectivity index (χ3n) is 4.13. The fraction of sp³-hybridized carbons (Fsp3) is 1.00. The van der Waals surface area contributed by atoms with Gasteiger partial charge in [0.2, 0.25) is 0 Å². The maximum Gasteiger partial charge on any atom is 0.0732 e. The van der Waals surface area contributed by atoms with Crippen LogP contribution >= 0.6 is 0 Å². The van der Waals surface area contributed by atoms with Gasteiger partial charge in [-0.1, -0.05) is 6.92 Å². The number of ether oxygens (including phenoxy) is 1. The molecule has 2 nitrogen and oxygen atoms in total. The largest absolute Gasteiger partial charge is 0.372 e. The molecule has 1 aliphatic heterocycles. The third-order valence-corrected chi connectivity index (χ3v) is 4.13. The summed E-state index contributed by atoms with van der Waals surface area (Å²) >= 11 is 0. The van der Waals surface area contributed by atoms with E-state index >= 15 is 0 Å². The van der Waals surface area contributed by atoms with Gasteiger partial charge in [-0.15, -0.1) is 0 Å². The van der Waals surface area contributed by atoms with Crippen LogP contribution in [0.4, 0.5) is 0 Å². The van der Waals surface area contributed by atoms with E-state index in [9.17, 15) is 0 Å². The molecule has 2 heteroatoms. The van der Waals surface area contributed by atoms with Crippen molar-refractivity contribution < 1.29 is 4.74 Å². The standard InChI is InChI=1S/C12H21NO/c1-8-2-5-11-10(6-8)13-7-12(14-11)9-3-4-9/h8-13H,2-7H2,1H3. The summed E-state index contributed by atoms with van der Waals surface area (Å²) in [6.07, 6.45) is 7.85. The molecule has 3 fully saturated rings. The Bertz CT molecular complexity index is 214. The molecule has 2 aliphatic carbocycles. The Hall–Kier alpha value is -0.0800. The van der Waals surface area contributed by atoms with E-state index in [1.54, 1.807) is 0 Å². The number of fused-ring (bicyclic) bond motifs is 1. The zero-order valence-electron chi connectivity index (χ0n) is 9.04. The summed E-state index contributed by atoms with van der Waals surface area (Å²) in [5.41, 5.74) is 0. The molecular formula is C12H21NO. The lowest BCUT2D eigenvalue weighted by Crippen LogP contribution is -2.55. The van der Waals surface area contributed by atoms with E-state index in [1.807, 2.05) is 0 Å². The molecule has 0 radical (unpaired) electrons. The first-order valence-electron chi connectivity index (χ1n) is 6.22. The molecule has 80 valence electrons. The molecule has 3 aliphatic rings. The maximum absolute atomic E-state index is 6.20. The highest BCUT2D eigenvalue weighted by molar-refractivity contribution is 4.94. The number of rotatable bonds is 1. The van der Waals surface area contributed by atoms with Crippen molar-refractivity contribution in [1.82, 2.24) is 5.32 Å². The fourth-order valence-electron chi connectivity index (χ4n) is 3.02. The monoisotopic (exact) mass is 195 g/mol. The summed E-state index contributed by atoms with van der Waals surface area (Å²) in [5.74, 6) is 1.78. The first kappa shape index (κ1) is 9.17. The van der Waals surface area contributed by atoms with Crippen LogP contribution in [-0.4, -0.2) is 24.8 Å². The van der Waals surface area contributed by atoms with Gasteiger partial charge >= 0.3 is 0 Å². The second-order valence-corrected chi connectivity index (χ2v) is 5.48. The summed E-state index contributed by atoms with van der Waals surface area (Å²) < 4.78 is 6.20. The van der Waals surface area contributed by atoms with Gasteiger partial charge in [-0.25, -0.2) is 0 Å². The van der Waals surface area contributed by atoms with E-state index in [0.29, 0.717) is 18.2 Å². The van der Waals surface area contributed by atoms with Gasteiger partial charge in [0.25, 0.3) is 0 Å². The van der Waals surface area contributed by atoms with E-state index < -0.39 is 0 Å². The summed E-state index contributed by atoms with van der Waals surface area (Å²) in [5, 5.41) is 3.70. The van der Waals surface area contributed by atoms with Crippen LogP contribution in [0, 0.1) is 11.8 Å². The Morgan fingerprint density at radius 2 is 1.93 bits per heavy atom. The lowest BCUT2D eigenvalue weighted by molar-refractivity contribution is -0.0916. The quantitative estimate of drug-likeness (QED) is 0.690. The summed E-state index contributed by atoms with van der Waals surface area (Å²) in [4.78, 5) is 0. The molecule has 3 rings (SSSR count). The van der Waals surface area contributed by atoms with Gasteiger partial charge < -0.3 is 10.1 Å². The van der Waals surface area contributed by atoms with Crippen molar-refractivity contribution in [1.29, 1.82) is 0 Å². The average molecular weight is 195 g/mol. The maximum atomic E-state index is 6.20. The minimum absolute atomic E-state index is 0.533. The van der Waals surface area contributed by atoms with Crippen LogP contribution < -0.4 is 5.32 Å². The van der Waals surface area contributed by atoms with E-state index in [4.69, 9.17) is 4.74 Å². The molecule has 0 spiro atoms. The predicted molar refractivity (Wildman–Crippen MR) is 56.2 cm³/mol. The molecule has 0 amide bonds. The average Bonchev–Trinajstić information content (AvgIpc) is 3.00. The SMILES string of the molecule is CC1CCC2OC(C3CC3)CNC2C1. The van der Waals surface area contributed by atoms with E-state index in [1.165, 1.54) is 32.1 Å². The lowest BCUT2D eigenvalue weighted by Gasteiger charge is -2.42. The Kier molecular flexibility index (Phi) is 2.29. The van der Waals surface area contributed by atoms with Crippen molar-refractivity contribution in [3.8, 4) is 0 Å². The van der Waals surface area contributed by atoms with Crippen molar-refractivity contribution in [2.75, 3.05) is 6.54 Å². The zero-order chi connectivity index (χ0) is 9.54. The Morgan fingerprint density at radius 3 is 2.71 bits per heavy atom.